The second kappa shape index (κ2) is 9.85. The third-order valence-electron chi connectivity index (χ3n) is 7.46. The van der Waals surface area contributed by atoms with Gasteiger partial charge in [-0.05, 0) is 67.6 Å². The van der Waals surface area contributed by atoms with Gasteiger partial charge in [0.2, 0.25) is 0 Å². The fraction of sp³-hybridized carbons (Fsp3) is 0.429. The van der Waals surface area contributed by atoms with Gasteiger partial charge in [-0.1, -0.05) is 31.9 Å². The summed E-state index contributed by atoms with van der Waals surface area (Å²) in [5.74, 6) is 0.500. The molecule has 3 heterocycles. The number of carbonyl (C=O) groups excluding carboxylic acids is 1. The van der Waals surface area contributed by atoms with Crippen molar-refractivity contribution in [2.24, 2.45) is 0 Å². The number of aromatic amines is 1. The fourth-order valence-corrected chi connectivity index (χ4v) is 7.09. The number of carbonyl (C=O) groups is 1. The van der Waals surface area contributed by atoms with Gasteiger partial charge in [-0.25, -0.2) is 8.42 Å². The molecule has 196 valence electrons. The number of benzene rings is 2. The van der Waals surface area contributed by atoms with E-state index in [4.69, 9.17) is 4.74 Å². The number of unbranched alkanes of at least 4 members (excludes halogenated alkanes) is 2. The van der Waals surface area contributed by atoms with E-state index in [9.17, 15) is 18.3 Å². The van der Waals surface area contributed by atoms with Crippen molar-refractivity contribution in [1.29, 1.82) is 0 Å². The van der Waals surface area contributed by atoms with Crippen LogP contribution >= 0.6 is 0 Å². The summed E-state index contributed by atoms with van der Waals surface area (Å²) in [6.07, 6.45) is 3.53. The maximum absolute atomic E-state index is 13.7. The summed E-state index contributed by atoms with van der Waals surface area (Å²) in [6, 6.07) is 10.2. The Bertz CT molecular complexity index is 1450. The summed E-state index contributed by atoms with van der Waals surface area (Å²) in [5, 5.41) is 18.2. The summed E-state index contributed by atoms with van der Waals surface area (Å²) in [7, 11) is -3.22. The smallest absolute Gasteiger partial charge is 0.273 e. The van der Waals surface area contributed by atoms with E-state index < -0.39 is 21.9 Å². The van der Waals surface area contributed by atoms with Crippen molar-refractivity contribution in [3.8, 4) is 22.8 Å². The molecule has 9 heteroatoms. The Morgan fingerprint density at radius 2 is 1.95 bits per heavy atom. The van der Waals surface area contributed by atoms with Gasteiger partial charge in [0.25, 0.3) is 5.91 Å². The highest BCUT2D eigenvalue weighted by molar-refractivity contribution is 7.91. The third kappa shape index (κ3) is 4.72. The van der Waals surface area contributed by atoms with Crippen LogP contribution in [0.5, 0.6) is 11.5 Å². The number of nitrogens with one attached hydrogen (secondary N) is 1. The minimum Gasteiger partial charge on any atom is -0.507 e. The zero-order valence-corrected chi connectivity index (χ0v) is 22.3. The molecular weight excluding hydrogens is 490 g/mol. The molecule has 5 rings (SSSR count). The van der Waals surface area contributed by atoms with Gasteiger partial charge in [-0.2, -0.15) is 5.10 Å². The highest BCUT2D eigenvalue weighted by atomic mass is 32.2. The molecule has 0 saturated carbocycles. The molecule has 1 fully saturated rings. The Labute approximate surface area is 217 Å². The van der Waals surface area contributed by atoms with E-state index in [0.29, 0.717) is 41.3 Å². The number of aromatic hydroxyl groups is 1. The lowest BCUT2D eigenvalue weighted by Gasteiger charge is -2.31. The van der Waals surface area contributed by atoms with E-state index in [0.717, 1.165) is 36.0 Å². The van der Waals surface area contributed by atoms with Crippen LogP contribution in [0.2, 0.25) is 0 Å². The predicted molar refractivity (Wildman–Crippen MR) is 142 cm³/mol. The SMILES string of the molecule is CCCCCOc1cccc(C2c3c(-c4cc(C)c(C)cc4O)n[nH]c3C(=O)N2C2CCS(=O)(=O)C2)c1. The summed E-state index contributed by atoms with van der Waals surface area (Å²) in [6.45, 7) is 6.63. The largest absolute Gasteiger partial charge is 0.507 e. The van der Waals surface area contributed by atoms with Crippen LogP contribution in [0.4, 0.5) is 0 Å². The lowest BCUT2D eigenvalue weighted by Crippen LogP contribution is -2.40. The third-order valence-corrected chi connectivity index (χ3v) is 9.21. The fourth-order valence-electron chi connectivity index (χ4n) is 5.38. The maximum Gasteiger partial charge on any atom is 0.273 e. The molecule has 37 heavy (non-hydrogen) atoms. The first-order valence-electron chi connectivity index (χ1n) is 12.8. The topological polar surface area (TPSA) is 113 Å². The molecule has 3 aromatic rings. The van der Waals surface area contributed by atoms with Gasteiger partial charge in [-0.3, -0.25) is 9.89 Å². The maximum atomic E-state index is 13.7. The van der Waals surface area contributed by atoms with Crippen molar-refractivity contribution in [2.75, 3.05) is 18.1 Å². The number of nitrogens with zero attached hydrogens (tertiary/aromatic N) is 2. The van der Waals surface area contributed by atoms with Crippen molar-refractivity contribution in [3.63, 3.8) is 0 Å². The zero-order chi connectivity index (χ0) is 26.3. The number of aromatic nitrogens is 2. The Balaban J connectivity index is 1.61. The molecule has 0 radical (unpaired) electrons. The lowest BCUT2D eigenvalue weighted by molar-refractivity contribution is 0.0677. The molecule has 2 unspecified atom stereocenters. The molecule has 0 spiro atoms. The van der Waals surface area contributed by atoms with Crippen LogP contribution in [0, 0.1) is 13.8 Å². The monoisotopic (exact) mass is 523 g/mol. The highest BCUT2D eigenvalue weighted by Crippen LogP contribution is 2.47. The number of sulfone groups is 1. The molecule has 2 N–H and O–H groups in total. The average molecular weight is 524 g/mol. The molecule has 2 aliphatic rings. The molecule has 1 aromatic heterocycles. The molecule has 2 aromatic carbocycles. The van der Waals surface area contributed by atoms with E-state index in [1.807, 2.05) is 44.2 Å². The number of H-pyrrole nitrogens is 1. The van der Waals surface area contributed by atoms with Crippen molar-refractivity contribution < 1.29 is 23.1 Å². The molecule has 1 saturated heterocycles. The van der Waals surface area contributed by atoms with Crippen LogP contribution in [0.25, 0.3) is 11.3 Å². The Kier molecular flexibility index (Phi) is 6.74. The van der Waals surface area contributed by atoms with E-state index in [1.54, 1.807) is 11.0 Å². The van der Waals surface area contributed by atoms with Crippen molar-refractivity contribution in [1.82, 2.24) is 15.1 Å². The first kappa shape index (κ1) is 25.3. The van der Waals surface area contributed by atoms with Crippen molar-refractivity contribution in [3.05, 3.63) is 64.3 Å². The van der Waals surface area contributed by atoms with Crippen molar-refractivity contribution in [2.45, 2.75) is 58.5 Å². The summed E-state index contributed by atoms with van der Waals surface area (Å²) in [5.41, 5.74) is 4.76. The normalized spacial score (nSPS) is 20.4. The standard InChI is InChI=1S/C28H33N3O5S/c1-4-5-6-11-36-21-9-7-8-19(15-21)27-24-25(22-13-17(2)18(3)14-23(22)32)29-30-26(24)28(33)31(27)20-10-12-37(34,35)16-20/h7-9,13-15,20,27,32H,4-6,10-12,16H2,1-3H3,(H,29,30). The zero-order valence-electron chi connectivity index (χ0n) is 21.5. The number of hydrogen-bond acceptors (Lipinski definition) is 6. The van der Waals surface area contributed by atoms with Gasteiger partial charge >= 0.3 is 0 Å². The highest BCUT2D eigenvalue weighted by Gasteiger charge is 2.48. The Morgan fingerprint density at radius 3 is 2.68 bits per heavy atom. The summed E-state index contributed by atoms with van der Waals surface area (Å²) >= 11 is 0. The first-order chi connectivity index (χ1) is 17.7. The molecule has 0 aliphatic carbocycles. The second-order valence-corrected chi connectivity index (χ2v) is 12.3. The Hall–Kier alpha value is -3.33. The van der Waals surface area contributed by atoms with Gasteiger partial charge in [0, 0.05) is 17.2 Å². The quantitative estimate of drug-likeness (QED) is 0.414. The van der Waals surface area contributed by atoms with Crippen molar-refractivity contribution >= 4 is 15.7 Å². The number of ether oxygens (including phenoxy) is 1. The van der Waals surface area contributed by atoms with Crippen LogP contribution < -0.4 is 4.74 Å². The van der Waals surface area contributed by atoms with Gasteiger partial charge in [0.1, 0.15) is 22.9 Å². The van der Waals surface area contributed by atoms with E-state index in [1.165, 1.54) is 0 Å². The number of amides is 1. The molecule has 1 amide bonds. The van der Waals surface area contributed by atoms with Gasteiger partial charge in [0.05, 0.1) is 24.2 Å². The minimum atomic E-state index is -3.22. The first-order valence-corrected chi connectivity index (χ1v) is 14.7. The molecule has 2 aliphatic heterocycles. The van der Waals surface area contributed by atoms with Gasteiger partial charge in [-0.15, -0.1) is 0 Å². The van der Waals surface area contributed by atoms with Crippen LogP contribution in [0.3, 0.4) is 0 Å². The number of aryl methyl sites for hydroxylation is 2. The van der Waals surface area contributed by atoms with Crippen LogP contribution in [-0.2, 0) is 9.84 Å². The van der Waals surface area contributed by atoms with E-state index >= 15 is 0 Å². The molecule has 8 nitrogen and oxygen atoms in total. The number of rotatable bonds is 8. The lowest BCUT2D eigenvalue weighted by atomic mass is 9.93. The van der Waals surface area contributed by atoms with Gasteiger partial charge in [0.15, 0.2) is 9.84 Å². The second-order valence-electron chi connectivity index (χ2n) is 10.1. The predicted octanol–water partition coefficient (Wildman–Crippen LogP) is 4.70. The van der Waals surface area contributed by atoms with Crippen LogP contribution in [0.15, 0.2) is 36.4 Å². The van der Waals surface area contributed by atoms with E-state index in [-0.39, 0.29) is 23.2 Å². The summed E-state index contributed by atoms with van der Waals surface area (Å²) in [4.78, 5) is 15.4. The van der Waals surface area contributed by atoms with Crippen LogP contribution in [-0.4, -0.2) is 58.7 Å². The number of fused-ring (bicyclic) bond motifs is 1. The molecule has 0 bridgehead atoms. The number of hydrogen-bond donors (Lipinski definition) is 2. The molecule has 2 atom stereocenters. The summed E-state index contributed by atoms with van der Waals surface area (Å²) < 4.78 is 30.7. The van der Waals surface area contributed by atoms with Gasteiger partial charge < -0.3 is 14.7 Å². The number of phenolic OH excluding ortho intramolecular Hbond substituents is 1. The number of phenols is 1. The molecular formula is C28H33N3O5S. The van der Waals surface area contributed by atoms with Crippen LogP contribution in [0.1, 0.15) is 71.4 Å². The average Bonchev–Trinajstić information content (AvgIpc) is 3.52. The Morgan fingerprint density at radius 1 is 1.16 bits per heavy atom. The van der Waals surface area contributed by atoms with E-state index in [2.05, 4.69) is 17.1 Å². The minimum absolute atomic E-state index is 0.0612.